The van der Waals surface area contributed by atoms with Crippen molar-refractivity contribution in [3.63, 3.8) is 0 Å². The van der Waals surface area contributed by atoms with Crippen LogP contribution in [0, 0.1) is 0 Å². The largest absolute Gasteiger partial charge is 0.481 e. The third kappa shape index (κ3) is 2.95. The van der Waals surface area contributed by atoms with E-state index in [-0.39, 0.29) is 5.91 Å². The Morgan fingerprint density at radius 3 is 2.86 bits per heavy atom. The Balaban J connectivity index is 1.78. The highest BCUT2D eigenvalue weighted by Crippen LogP contribution is 2.29. The molecule has 22 heavy (non-hydrogen) atoms. The van der Waals surface area contributed by atoms with E-state index in [1.165, 1.54) is 5.56 Å². The van der Waals surface area contributed by atoms with Crippen LogP contribution in [0.5, 0.6) is 5.75 Å². The van der Waals surface area contributed by atoms with Gasteiger partial charge in [0.25, 0.3) is 5.91 Å². The molecule has 0 fully saturated rings. The number of nitrogens with zero attached hydrogens (tertiary/aromatic N) is 1. The summed E-state index contributed by atoms with van der Waals surface area (Å²) in [4.78, 5) is 14.6. The van der Waals surface area contributed by atoms with Gasteiger partial charge in [-0.25, -0.2) is 0 Å². The summed E-state index contributed by atoms with van der Waals surface area (Å²) in [6.45, 7) is 2.67. The first-order chi connectivity index (χ1) is 10.7. The van der Waals surface area contributed by atoms with Crippen LogP contribution in [0.2, 0.25) is 5.02 Å². The number of ether oxygens (including phenoxy) is 1. The maximum atomic E-state index is 12.8. The number of hydrogen-bond acceptors (Lipinski definition) is 2. The first kappa shape index (κ1) is 14.9. The van der Waals surface area contributed by atoms with Crippen molar-refractivity contribution in [3.8, 4) is 5.75 Å². The van der Waals surface area contributed by atoms with Gasteiger partial charge in [-0.1, -0.05) is 42.8 Å². The van der Waals surface area contributed by atoms with Gasteiger partial charge >= 0.3 is 0 Å². The molecule has 0 spiro atoms. The normalized spacial score (nSPS) is 14.5. The number of fused-ring (bicyclic) bond motifs is 1. The highest BCUT2D eigenvalue weighted by molar-refractivity contribution is 6.30. The number of amides is 1. The fourth-order valence-electron chi connectivity index (χ4n) is 2.75. The molecule has 1 amide bonds. The molecule has 0 radical (unpaired) electrons. The number of hydrogen-bond donors (Lipinski definition) is 0. The smallest absolute Gasteiger partial charge is 0.268 e. The average Bonchev–Trinajstić information content (AvgIpc) is 2.96. The van der Waals surface area contributed by atoms with E-state index in [0.29, 0.717) is 23.7 Å². The molecule has 1 heterocycles. The first-order valence-corrected chi connectivity index (χ1v) is 7.88. The Hall–Kier alpha value is -2.00. The molecule has 0 N–H and O–H groups in total. The summed E-state index contributed by atoms with van der Waals surface area (Å²) in [5.74, 6) is 0.632. The number of carbonyl (C=O) groups is 1. The van der Waals surface area contributed by atoms with Gasteiger partial charge in [-0.2, -0.15) is 0 Å². The van der Waals surface area contributed by atoms with E-state index < -0.39 is 6.10 Å². The van der Waals surface area contributed by atoms with Crippen LogP contribution in [0.25, 0.3) is 0 Å². The molecule has 2 aromatic rings. The summed E-state index contributed by atoms with van der Waals surface area (Å²) in [6, 6.07) is 15.2. The lowest BCUT2D eigenvalue weighted by molar-refractivity contribution is -0.125. The summed E-state index contributed by atoms with van der Waals surface area (Å²) >= 11 is 5.97. The molecule has 0 aromatic heterocycles. The summed E-state index contributed by atoms with van der Waals surface area (Å²) in [5.41, 5.74) is 2.22. The molecule has 1 atom stereocenters. The zero-order valence-corrected chi connectivity index (χ0v) is 13.2. The van der Waals surface area contributed by atoms with Crippen molar-refractivity contribution in [1.82, 2.24) is 0 Å². The lowest BCUT2D eigenvalue weighted by Crippen LogP contribution is -2.41. The lowest BCUT2D eigenvalue weighted by atomic mass is 10.2. The van der Waals surface area contributed by atoms with E-state index in [0.717, 1.165) is 12.1 Å². The number of rotatable bonds is 4. The zero-order valence-electron chi connectivity index (χ0n) is 12.5. The minimum absolute atomic E-state index is 0.00688. The number of halogens is 1. The minimum Gasteiger partial charge on any atom is -0.481 e. The Morgan fingerprint density at radius 1 is 1.27 bits per heavy atom. The fraction of sp³-hybridized carbons (Fsp3) is 0.278. The molecule has 1 aliphatic rings. The van der Waals surface area contributed by atoms with Crippen molar-refractivity contribution in [2.75, 3.05) is 11.4 Å². The van der Waals surface area contributed by atoms with Crippen molar-refractivity contribution in [2.45, 2.75) is 25.9 Å². The molecule has 0 bridgehead atoms. The SMILES string of the molecule is CC[C@@H](Oc1cccc(Cl)c1)C(=O)N1CCc2ccccc21. The monoisotopic (exact) mass is 315 g/mol. The molecular weight excluding hydrogens is 298 g/mol. The second-order valence-corrected chi connectivity index (χ2v) is 5.78. The summed E-state index contributed by atoms with van der Waals surface area (Å²) < 4.78 is 5.86. The molecule has 0 aliphatic carbocycles. The van der Waals surface area contributed by atoms with E-state index >= 15 is 0 Å². The molecule has 4 heteroatoms. The molecule has 0 unspecified atom stereocenters. The van der Waals surface area contributed by atoms with E-state index in [2.05, 4.69) is 6.07 Å². The minimum atomic E-state index is -0.496. The lowest BCUT2D eigenvalue weighted by Gasteiger charge is -2.24. The van der Waals surface area contributed by atoms with Crippen LogP contribution in [-0.4, -0.2) is 18.6 Å². The van der Waals surface area contributed by atoms with Crippen LogP contribution in [-0.2, 0) is 11.2 Å². The van der Waals surface area contributed by atoms with E-state index in [4.69, 9.17) is 16.3 Å². The quantitative estimate of drug-likeness (QED) is 0.850. The maximum absolute atomic E-state index is 12.8. The summed E-state index contributed by atoms with van der Waals surface area (Å²) in [5, 5.41) is 0.603. The van der Waals surface area contributed by atoms with Crippen molar-refractivity contribution < 1.29 is 9.53 Å². The second-order valence-electron chi connectivity index (χ2n) is 5.34. The van der Waals surface area contributed by atoms with Crippen LogP contribution in [0.15, 0.2) is 48.5 Å². The van der Waals surface area contributed by atoms with Gasteiger partial charge in [0.1, 0.15) is 5.75 Å². The third-order valence-corrected chi connectivity index (χ3v) is 4.11. The Bertz CT molecular complexity index is 686. The van der Waals surface area contributed by atoms with Gasteiger partial charge in [0, 0.05) is 17.3 Å². The summed E-state index contributed by atoms with van der Waals surface area (Å²) in [6.07, 6.45) is 1.02. The zero-order chi connectivity index (χ0) is 15.5. The van der Waals surface area contributed by atoms with E-state index in [1.807, 2.05) is 42.2 Å². The molecule has 3 nitrogen and oxygen atoms in total. The van der Waals surface area contributed by atoms with Crippen LogP contribution < -0.4 is 9.64 Å². The van der Waals surface area contributed by atoms with Crippen LogP contribution in [0.1, 0.15) is 18.9 Å². The Kier molecular flexibility index (Phi) is 4.34. The number of benzene rings is 2. The molecule has 2 aromatic carbocycles. The van der Waals surface area contributed by atoms with Crippen LogP contribution >= 0.6 is 11.6 Å². The maximum Gasteiger partial charge on any atom is 0.268 e. The van der Waals surface area contributed by atoms with E-state index in [1.54, 1.807) is 12.1 Å². The molecule has 114 valence electrons. The van der Waals surface area contributed by atoms with Gasteiger partial charge in [-0.15, -0.1) is 0 Å². The topological polar surface area (TPSA) is 29.5 Å². The van der Waals surface area contributed by atoms with Gasteiger partial charge < -0.3 is 9.64 Å². The van der Waals surface area contributed by atoms with Crippen LogP contribution in [0.3, 0.4) is 0 Å². The van der Waals surface area contributed by atoms with Crippen molar-refractivity contribution in [3.05, 3.63) is 59.1 Å². The van der Waals surface area contributed by atoms with Gasteiger partial charge in [0.2, 0.25) is 0 Å². The molecule has 1 aliphatic heterocycles. The standard InChI is InChI=1S/C18H18ClNO2/c1-2-17(22-15-8-5-7-14(19)12-15)18(21)20-11-10-13-6-3-4-9-16(13)20/h3-9,12,17H,2,10-11H2,1H3/t17-/m1/s1. The second kappa shape index (κ2) is 6.41. The van der Waals surface area contributed by atoms with Gasteiger partial charge in [0.05, 0.1) is 0 Å². The first-order valence-electron chi connectivity index (χ1n) is 7.50. The molecule has 3 rings (SSSR count). The highest BCUT2D eigenvalue weighted by Gasteiger charge is 2.30. The number of para-hydroxylation sites is 1. The van der Waals surface area contributed by atoms with Crippen molar-refractivity contribution >= 4 is 23.2 Å². The average molecular weight is 316 g/mol. The molecular formula is C18H18ClNO2. The van der Waals surface area contributed by atoms with Crippen molar-refractivity contribution in [2.24, 2.45) is 0 Å². The predicted octanol–water partition coefficient (Wildman–Crippen LogP) is 4.09. The van der Waals surface area contributed by atoms with Gasteiger partial charge in [-0.05, 0) is 42.7 Å². The van der Waals surface area contributed by atoms with Crippen molar-refractivity contribution in [1.29, 1.82) is 0 Å². The van der Waals surface area contributed by atoms with Crippen LogP contribution in [0.4, 0.5) is 5.69 Å². The van der Waals surface area contributed by atoms with E-state index in [9.17, 15) is 4.79 Å². The molecule has 0 saturated heterocycles. The summed E-state index contributed by atoms with van der Waals surface area (Å²) in [7, 11) is 0. The van der Waals surface area contributed by atoms with Gasteiger partial charge in [-0.3, -0.25) is 4.79 Å². The fourth-order valence-corrected chi connectivity index (χ4v) is 2.93. The Morgan fingerprint density at radius 2 is 2.09 bits per heavy atom. The third-order valence-electron chi connectivity index (χ3n) is 3.87. The molecule has 0 saturated carbocycles. The predicted molar refractivity (Wildman–Crippen MR) is 88.7 cm³/mol. The number of carbonyl (C=O) groups excluding carboxylic acids is 1. The highest BCUT2D eigenvalue weighted by atomic mass is 35.5. The Labute approximate surface area is 135 Å². The van der Waals surface area contributed by atoms with Gasteiger partial charge in [0.15, 0.2) is 6.10 Å². The number of anilines is 1.